The second-order valence-electron chi connectivity index (χ2n) is 5.83. The largest absolute Gasteiger partial charge is 0.368 e. The predicted octanol–water partition coefficient (Wildman–Crippen LogP) is 1.57. The van der Waals surface area contributed by atoms with Gasteiger partial charge in [0.1, 0.15) is 6.54 Å². The molecule has 1 unspecified atom stereocenters. The third-order valence-electron chi connectivity index (χ3n) is 3.46. The van der Waals surface area contributed by atoms with E-state index in [1.807, 2.05) is 0 Å². The lowest BCUT2D eigenvalue weighted by Crippen LogP contribution is -2.32. The molecule has 2 rings (SSSR count). The van der Waals surface area contributed by atoms with Gasteiger partial charge in [-0.2, -0.15) is 0 Å². The van der Waals surface area contributed by atoms with E-state index in [2.05, 4.69) is 49.4 Å². The number of thiophene rings is 1. The maximum atomic E-state index is 12.4. The van der Waals surface area contributed by atoms with Gasteiger partial charge >= 0.3 is 0 Å². The Hall–Kier alpha value is -2.22. The van der Waals surface area contributed by atoms with Crippen LogP contribution in [-0.2, 0) is 11.3 Å². The molecule has 2 heterocycles. The van der Waals surface area contributed by atoms with Gasteiger partial charge in [-0.15, -0.1) is 16.4 Å². The lowest BCUT2D eigenvalue weighted by atomic mass is 9.96. The summed E-state index contributed by atoms with van der Waals surface area (Å²) in [6.07, 6.45) is 1.42. The monoisotopic (exact) mass is 335 g/mol. The normalized spacial score (nSPS) is 12.4. The van der Waals surface area contributed by atoms with Crippen LogP contribution in [0.1, 0.15) is 45.7 Å². The van der Waals surface area contributed by atoms with Crippen molar-refractivity contribution in [1.29, 1.82) is 0 Å². The Labute approximate surface area is 138 Å². The third kappa shape index (κ3) is 4.16. The van der Waals surface area contributed by atoms with Gasteiger partial charge in [0.2, 0.25) is 5.91 Å². The summed E-state index contributed by atoms with van der Waals surface area (Å²) in [5.74, 6) is -0.624. The van der Waals surface area contributed by atoms with Crippen LogP contribution in [-0.4, -0.2) is 26.8 Å². The fraction of sp³-hybridized carbons (Fsp3) is 0.467. The van der Waals surface area contributed by atoms with E-state index in [9.17, 15) is 9.59 Å². The second-order valence-corrected chi connectivity index (χ2v) is 7.29. The number of aryl methyl sites for hydroxylation is 2. The van der Waals surface area contributed by atoms with Crippen LogP contribution in [0.5, 0.6) is 0 Å². The van der Waals surface area contributed by atoms with Crippen LogP contribution >= 0.6 is 11.3 Å². The number of carbonyl (C=O) groups is 2. The number of primary amides is 1. The molecule has 0 aliphatic heterocycles. The highest BCUT2D eigenvalue weighted by atomic mass is 32.1. The molecule has 0 bridgehead atoms. The molecule has 2 aromatic rings. The number of rotatable bonds is 6. The maximum Gasteiger partial charge on any atom is 0.273 e. The van der Waals surface area contributed by atoms with Crippen LogP contribution in [0.25, 0.3) is 0 Å². The molecule has 0 fully saturated rings. The summed E-state index contributed by atoms with van der Waals surface area (Å²) >= 11 is 1.71. The molecule has 8 heteroatoms. The van der Waals surface area contributed by atoms with Crippen LogP contribution < -0.4 is 11.1 Å². The molecule has 0 radical (unpaired) electrons. The standard InChI is InChI=1S/C15H21N5O2S/c1-8(2)14(11-5-9(3)23-10(11)4)17-15(22)12-6-20(19-18-12)7-13(16)21/h5-6,8,14H,7H2,1-4H3,(H2,16,21)(H,17,22). The summed E-state index contributed by atoms with van der Waals surface area (Å²) in [6.45, 7) is 8.12. The van der Waals surface area contributed by atoms with Gasteiger partial charge in [0.05, 0.1) is 12.2 Å². The van der Waals surface area contributed by atoms with Gasteiger partial charge in [0, 0.05) is 9.75 Å². The molecule has 0 aliphatic rings. The topological polar surface area (TPSA) is 103 Å². The average molecular weight is 335 g/mol. The number of nitrogens with zero attached hydrogens (tertiary/aromatic N) is 3. The second kappa shape index (κ2) is 6.91. The Balaban J connectivity index is 2.17. The minimum atomic E-state index is -0.536. The smallest absolute Gasteiger partial charge is 0.273 e. The molecule has 0 spiro atoms. The molecule has 0 saturated heterocycles. The zero-order chi connectivity index (χ0) is 17.1. The Morgan fingerprint density at radius 2 is 2.09 bits per heavy atom. The molecule has 3 N–H and O–H groups in total. The van der Waals surface area contributed by atoms with Crippen molar-refractivity contribution in [3.8, 4) is 0 Å². The van der Waals surface area contributed by atoms with Crippen molar-refractivity contribution in [3.05, 3.63) is 33.3 Å². The summed E-state index contributed by atoms with van der Waals surface area (Å²) in [4.78, 5) is 25.7. The minimum absolute atomic E-state index is 0.100. The third-order valence-corrected chi connectivity index (χ3v) is 4.44. The predicted molar refractivity (Wildman–Crippen MR) is 88.1 cm³/mol. The summed E-state index contributed by atoms with van der Waals surface area (Å²) in [7, 11) is 0. The van der Waals surface area contributed by atoms with E-state index in [0.717, 1.165) is 5.56 Å². The lowest BCUT2D eigenvalue weighted by molar-refractivity contribution is -0.118. The van der Waals surface area contributed by atoms with E-state index in [-0.39, 0.29) is 30.1 Å². The van der Waals surface area contributed by atoms with Crippen molar-refractivity contribution in [2.75, 3.05) is 0 Å². The molecular formula is C15H21N5O2S. The maximum absolute atomic E-state index is 12.4. The quantitative estimate of drug-likeness (QED) is 0.836. The van der Waals surface area contributed by atoms with Gasteiger partial charge in [-0.25, -0.2) is 4.68 Å². The summed E-state index contributed by atoms with van der Waals surface area (Å²) in [5, 5.41) is 10.5. The number of hydrogen-bond acceptors (Lipinski definition) is 5. The molecule has 124 valence electrons. The first-order valence-electron chi connectivity index (χ1n) is 7.34. The van der Waals surface area contributed by atoms with Gasteiger partial charge in [0.25, 0.3) is 5.91 Å². The summed E-state index contributed by atoms with van der Waals surface area (Å²) in [6, 6.07) is 2.00. The number of amides is 2. The van der Waals surface area contributed by atoms with E-state index in [1.54, 1.807) is 11.3 Å². The first-order valence-corrected chi connectivity index (χ1v) is 8.15. The van der Waals surface area contributed by atoms with Crippen LogP contribution in [0.4, 0.5) is 0 Å². The molecule has 23 heavy (non-hydrogen) atoms. The van der Waals surface area contributed by atoms with Crippen LogP contribution in [0.3, 0.4) is 0 Å². The van der Waals surface area contributed by atoms with Crippen LogP contribution in [0.2, 0.25) is 0 Å². The Kier molecular flexibility index (Phi) is 5.15. The number of nitrogens with one attached hydrogen (secondary N) is 1. The first kappa shape index (κ1) is 17.1. The highest BCUT2D eigenvalue weighted by Gasteiger charge is 2.23. The Morgan fingerprint density at radius 1 is 1.39 bits per heavy atom. The SMILES string of the molecule is Cc1cc(C(NC(=O)c2cn(CC(N)=O)nn2)C(C)C)c(C)s1. The highest BCUT2D eigenvalue weighted by Crippen LogP contribution is 2.30. The van der Waals surface area contributed by atoms with Crippen molar-refractivity contribution in [2.24, 2.45) is 11.7 Å². The molecule has 0 saturated carbocycles. The Bertz CT molecular complexity index is 719. The van der Waals surface area contributed by atoms with Crippen LogP contribution in [0.15, 0.2) is 12.3 Å². The zero-order valence-electron chi connectivity index (χ0n) is 13.7. The molecule has 1 atom stereocenters. The molecule has 7 nitrogen and oxygen atoms in total. The first-order chi connectivity index (χ1) is 10.8. The van der Waals surface area contributed by atoms with Gasteiger partial charge in [-0.1, -0.05) is 19.1 Å². The molecule has 0 aromatic carbocycles. The molecule has 2 amide bonds. The fourth-order valence-electron chi connectivity index (χ4n) is 2.42. The van der Waals surface area contributed by atoms with Gasteiger partial charge < -0.3 is 11.1 Å². The summed E-state index contributed by atoms with van der Waals surface area (Å²) < 4.78 is 1.25. The van der Waals surface area contributed by atoms with Crippen molar-refractivity contribution in [2.45, 2.75) is 40.3 Å². The van der Waals surface area contributed by atoms with E-state index < -0.39 is 5.91 Å². The number of nitrogens with two attached hydrogens (primary N) is 1. The van der Waals surface area contributed by atoms with E-state index in [4.69, 9.17) is 5.73 Å². The van der Waals surface area contributed by atoms with Crippen molar-refractivity contribution >= 4 is 23.2 Å². The van der Waals surface area contributed by atoms with Gasteiger partial charge in [-0.05, 0) is 31.4 Å². The minimum Gasteiger partial charge on any atom is -0.368 e. The highest BCUT2D eigenvalue weighted by molar-refractivity contribution is 7.12. The van der Waals surface area contributed by atoms with Gasteiger partial charge in [-0.3, -0.25) is 9.59 Å². The number of carbonyl (C=O) groups excluding carboxylic acids is 2. The van der Waals surface area contributed by atoms with E-state index >= 15 is 0 Å². The molecular weight excluding hydrogens is 314 g/mol. The van der Waals surface area contributed by atoms with Crippen molar-refractivity contribution in [1.82, 2.24) is 20.3 Å². The molecule has 2 aromatic heterocycles. The van der Waals surface area contributed by atoms with E-state index in [1.165, 1.54) is 20.6 Å². The molecule has 0 aliphatic carbocycles. The van der Waals surface area contributed by atoms with E-state index in [0.29, 0.717) is 0 Å². The average Bonchev–Trinajstić information content (AvgIpc) is 3.01. The lowest BCUT2D eigenvalue weighted by Gasteiger charge is -2.22. The summed E-state index contributed by atoms with van der Waals surface area (Å²) in [5.41, 5.74) is 6.39. The van der Waals surface area contributed by atoms with Crippen LogP contribution in [0, 0.1) is 19.8 Å². The van der Waals surface area contributed by atoms with Gasteiger partial charge in [0.15, 0.2) is 5.69 Å². The Morgan fingerprint density at radius 3 is 2.61 bits per heavy atom. The fourth-order valence-corrected chi connectivity index (χ4v) is 3.39. The van der Waals surface area contributed by atoms with Crippen molar-refractivity contribution < 1.29 is 9.59 Å². The van der Waals surface area contributed by atoms with Crippen molar-refractivity contribution in [3.63, 3.8) is 0 Å². The number of hydrogen-bond donors (Lipinski definition) is 2. The zero-order valence-corrected chi connectivity index (χ0v) is 14.5. The number of aromatic nitrogens is 3.